The fraction of sp³-hybridized carbons (Fsp3) is 0.429. The first-order valence-corrected chi connectivity index (χ1v) is 15.5. The lowest BCUT2D eigenvalue weighted by atomic mass is 9.96. The predicted octanol–water partition coefficient (Wildman–Crippen LogP) is 4.39. The molecule has 0 saturated carbocycles. The molecule has 0 aliphatic carbocycles. The van der Waals surface area contributed by atoms with Crippen molar-refractivity contribution < 1.29 is 23.6 Å². The summed E-state index contributed by atoms with van der Waals surface area (Å²) in [6.07, 6.45) is 2.47. The second-order valence-electron chi connectivity index (χ2n) is 11.9. The molecule has 1 saturated heterocycles. The van der Waals surface area contributed by atoms with Gasteiger partial charge in [0.05, 0.1) is 0 Å². The maximum absolute atomic E-state index is 14.2. The zero-order valence-electron chi connectivity index (χ0n) is 26.0. The molecule has 3 aromatic rings. The largest absolute Gasteiger partial charge is 0.352 e. The molecule has 3 aromatic carbocycles. The molecule has 2 N–H and O–H groups in total. The van der Waals surface area contributed by atoms with Crippen LogP contribution in [-0.2, 0) is 32.0 Å². The average molecular weight is 603 g/mol. The van der Waals surface area contributed by atoms with Crippen molar-refractivity contribution in [2.75, 3.05) is 13.1 Å². The maximum Gasteiger partial charge on any atom is 0.246 e. The van der Waals surface area contributed by atoms with E-state index in [0.717, 1.165) is 22.8 Å². The summed E-state index contributed by atoms with van der Waals surface area (Å²) in [6.45, 7) is 7.53. The molecule has 0 bridgehead atoms. The SMILES string of the molecule is CCCC[C@@H]1C(=O)N(C(Cc2ccc3ccccc3c2)C(=O)NC(C)C)CCN1C(=O)C(Cc1ccc(F)cc1)NC(C)=O. The van der Waals surface area contributed by atoms with Crippen molar-refractivity contribution in [3.63, 3.8) is 0 Å². The molecule has 2 unspecified atom stereocenters. The first kappa shape index (κ1) is 32.6. The van der Waals surface area contributed by atoms with Gasteiger partial charge in [-0.2, -0.15) is 0 Å². The minimum Gasteiger partial charge on any atom is -0.352 e. The molecule has 4 rings (SSSR count). The second-order valence-corrected chi connectivity index (χ2v) is 11.9. The number of carbonyl (C=O) groups excluding carboxylic acids is 4. The van der Waals surface area contributed by atoms with Gasteiger partial charge in [0.25, 0.3) is 0 Å². The van der Waals surface area contributed by atoms with Crippen LogP contribution in [0, 0.1) is 5.82 Å². The van der Waals surface area contributed by atoms with Crippen LogP contribution >= 0.6 is 0 Å². The molecule has 3 atom stereocenters. The highest BCUT2D eigenvalue weighted by Crippen LogP contribution is 2.24. The molecule has 8 nitrogen and oxygen atoms in total. The quantitative estimate of drug-likeness (QED) is 0.321. The number of hydrogen-bond donors (Lipinski definition) is 2. The van der Waals surface area contributed by atoms with Gasteiger partial charge in [-0.3, -0.25) is 19.2 Å². The van der Waals surface area contributed by atoms with Crippen LogP contribution in [0.2, 0.25) is 0 Å². The Kier molecular flexibility index (Phi) is 11.1. The van der Waals surface area contributed by atoms with Crippen LogP contribution in [-0.4, -0.2) is 70.7 Å². The third-order valence-electron chi connectivity index (χ3n) is 8.02. The van der Waals surface area contributed by atoms with Crippen molar-refractivity contribution >= 4 is 34.4 Å². The van der Waals surface area contributed by atoms with Gasteiger partial charge in [-0.1, -0.05) is 74.4 Å². The molecule has 0 aromatic heterocycles. The van der Waals surface area contributed by atoms with Crippen molar-refractivity contribution in [1.82, 2.24) is 20.4 Å². The third kappa shape index (κ3) is 8.21. The smallest absolute Gasteiger partial charge is 0.246 e. The van der Waals surface area contributed by atoms with E-state index >= 15 is 0 Å². The standard InChI is InChI=1S/C35H43FN4O4/c1-5-6-11-31-35(44)40(19-18-39(31)34(43)30(38-24(4)41)21-25-13-16-29(36)17-14-25)32(33(42)37-23(2)3)22-26-12-15-27-9-7-8-10-28(27)20-26/h7-10,12-17,20,23,30-32H,5-6,11,18-19,21-22H2,1-4H3,(H,37,42)(H,38,41)/t30?,31-,32?/m1/s1. The number of hydrogen-bond acceptors (Lipinski definition) is 4. The van der Waals surface area contributed by atoms with Crippen LogP contribution in [0.5, 0.6) is 0 Å². The molecular weight excluding hydrogens is 559 g/mol. The first-order chi connectivity index (χ1) is 21.1. The lowest BCUT2D eigenvalue weighted by molar-refractivity contribution is -0.157. The van der Waals surface area contributed by atoms with Crippen LogP contribution in [0.1, 0.15) is 58.1 Å². The average Bonchev–Trinajstić information content (AvgIpc) is 2.99. The number of unbranched alkanes of at least 4 members (excludes halogenated alkanes) is 1. The molecule has 1 fully saturated rings. The van der Waals surface area contributed by atoms with Crippen LogP contribution in [0.25, 0.3) is 10.8 Å². The topological polar surface area (TPSA) is 98.8 Å². The van der Waals surface area contributed by atoms with Gasteiger partial charge in [-0.25, -0.2) is 4.39 Å². The van der Waals surface area contributed by atoms with Crippen LogP contribution in [0.3, 0.4) is 0 Å². The Balaban J connectivity index is 1.62. The van der Waals surface area contributed by atoms with Gasteiger partial charge < -0.3 is 20.4 Å². The zero-order chi connectivity index (χ0) is 31.8. The Bertz CT molecular complexity index is 1480. The van der Waals surface area contributed by atoms with E-state index in [1.54, 1.807) is 21.9 Å². The molecule has 1 aliphatic rings. The van der Waals surface area contributed by atoms with Gasteiger partial charge in [0.1, 0.15) is 23.9 Å². The Morgan fingerprint density at radius 3 is 2.25 bits per heavy atom. The summed E-state index contributed by atoms with van der Waals surface area (Å²) in [7, 11) is 0. The minimum atomic E-state index is -0.918. The number of carbonyl (C=O) groups is 4. The van der Waals surface area contributed by atoms with E-state index in [4.69, 9.17) is 0 Å². The Morgan fingerprint density at radius 1 is 0.909 bits per heavy atom. The van der Waals surface area contributed by atoms with Crippen LogP contribution < -0.4 is 10.6 Å². The van der Waals surface area contributed by atoms with Crippen molar-refractivity contribution in [1.29, 1.82) is 0 Å². The molecule has 1 aliphatic heterocycles. The Morgan fingerprint density at radius 2 is 1.59 bits per heavy atom. The number of amides is 4. The highest BCUT2D eigenvalue weighted by molar-refractivity contribution is 5.95. The normalized spacial score (nSPS) is 16.6. The second kappa shape index (κ2) is 14.9. The van der Waals surface area contributed by atoms with Crippen LogP contribution in [0.15, 0.2) is 66.7 Å². The molecule has 44 heavy (non-hydrogen) atoms. The summed E-state index contributed by atoms with van der Waals surface area (Å²) >= 11 is 0. The fourth-order valence-corrected chi connectivity index (χ4v) is 5.87. The molecule has 234 valence electrons. The Labute approximate surface area is 259 Å². The number of nitrogens with zero attached hydrogens (tertiary/aromatic N) is 2. The number of nitrogens with one attached hydrogen (secondary N) is 2. The number of piperazine rings is 1. The maximum atomic E-state index is 14.2. The van der Waals surface area contributed by atoms with E-state index in [1.807, 2.05) is 57.2 Å². The lowest BCUT2D eigenvalue weighted by Gasteiger charge is -2.44. The van der Waals surface area contributed by atoms with E-state index < -0.39 is 23.9 Å². The van der Waals surface area contributed by atoms with Crippen molar-refractivity contribution in [3.05, 3.63) is 83.7 Å². The number of benzene rings is 3. The predicted molar refractivity (Wildman–Crippen MR) is 169 cm³/mol. The summed E-state index contributed by atoms with van der Waals surface area (Å²) in [6, 6.07) is 17.3. The molecular formula is C35H43FN4O4. The van der Waals surface area contributed by atoms with E-state index in [2.05, 4.69) is 16.7 Å². The number of fused-ring (bicyclic) bond motifs is 1. The monoisotopic (exact) mass is 602 g/mol. The van der Waals surface area contributed by atoms with Gasteiger partial charge in [0.2, 0.25) is 23.6 Å². The van der Waals surface area contributed by atoms with Crippen molar-refractivity contribution in [2.24, 2.45) is 0 Å². The lowest BCUT2D eigenvalue weighted by Crippen LogP contribution is -2.66. The minimum absolute atomic E-state index is 0.111. The molecule has 9 heteroatoms. The fourth-order valence-electron chi connectivity index (χ4n) is 5.87. The van der Waals surface area contributed by atoms with Gasteiger partial charge in [0, 0.05) is 38.9 Å². The van der Waals surface area contributed by atoms with E-state index in [0.29, 0.717) is 24.8 Å². The summed E-state index contributed by atoms with van der Waals surface area (Å²) in [5.74, 6) is -1.64. The molecule has 0 radical (unpaired) electrons. The van der Waals surface area contributed by atoms with Crippen molar-refractivity contribution in [2.45, 2.75) is 84.0 Å². The van der Waals surface area contributed by atoms with Gasteiger partial charge in [-0.15, -0.1) is 0 Å². The van der Waals surface area contributed by atoms with E-state index in [9.17, 15) is 23.6 Å². The van der Waals surface area contributed by atoms with E-state index in [1.165, 1.54) is 19.1 Å². The third-order valence-corrected chi connectivity index (χ3v) is 8.02. The highest BCUT2D eigenvalue weighted by Gasteiger charge is 2.43. The van der Waals surface area contributed by atoms with Gasteiger partial charge >= 0.3 is 0 Å². The molecule has 1 heterocycles. The zero-order valence-corrected chi connectivity index (χ0v) is 26.0. The summed E-state index contributed by atoms with van der Waals surface area (Å²) in [4.78, 5) is 57.1. The highest BCUT2D eigenvalue weighted by atomic mass is 19.1. The van der Waals surface area contributed by atoms with Crippen LogP contribution in [0.4, 0.5) is 4.39 Å². The van der Waals surface area contributed by atoms with Crippen molar-refractivity contribution in [3.8, 4) is 0 Å². The van der Waals surface area contributed by atoms with Gasteiger partial charge in [0.15, 0.2) is 0 Å². The summed E-state index contributed by atoms with van der Waals surface area (Å²) < 4.78 is 13.5. The molecule has 0 spiro atoms. The number of rotatable bonds is 12. The molecule has 4 amide bonds. The van der Waals surface area contributed by atoms with Gasteiger partial charge in [-0.05, 0) is 54.3 Å². The number of halogens is 1. The summed E-state index contributed by atoms with van der Waals surface area (Å²) in [5.41, 5.74) is 1.63. The summed E-state index contributed by atoms with van der Waals surface area (Å²) in [5, 5.41) is 7.88. The van der Waals surface area contributed by atoms with E-state index in [-0.39, 0.29) is 49.2 Å². The first-order valence-electron chi connectivity index (χ1n) is 15.5. The Hall–Kier alpha value is -4.27.